The lowest BCUT2D eigenvalue weighted by molar-refractivity contribution is 0.147. The van der Waals surface area contributed by atoms with Crippen LogP contribution in [0, 0.1) is 0 Å². The fourth-order valence-electron chi connectivity index (χ4n) is 3.46. The molecule has 0 spiro atoms. The van der Waals surface area contributed by atoms with Crippen LogP contribution in [0.15, 0.2) is 113 Å². The van der Waals surface area contributed by atoms with Crippen LogP contribution in [0.1, 0.15) is 22.5 Å². The monoisotopic (exact) mass is 384 g/mol. The maximum atomic E-state index is 12.7. The largest absolute Gasteiger partial charge is 0.466 e. The molecule has 1 aromatic heterocycles. The fourth-order valence-corrected chi connectivity index (χ4v) is 3.46. The van der Waals surface area contributed by atoms with E-state index in [1.807, 2.05) is 91.0 Å². The normalized spacial score (nSPS) is 11.2. The van der Waals surface area contributed by atoms with Gasteiger partial charge in [0.15, 0.2) is 5.60 Å². The van der Waals surface area contributed by atoms with E-state index in [4.69, 9.17) is 9.15 Å². The Kier molecular flexibility index (Phi) is 5.27. The third kappa shape index (κ3) is 3.58. The third-order valence-corrected chi connectivity index (χ3v) is 4.81. The van der Waals surface area contributed by atoms with Gasteiger partial charge in [-0.25, -0.2) is 0 Å². The summed E-state index contributed by atoms with van der Waals surface area (Å²) in [7, 11) is 0. The van der Waals surface area contributed by atoms with E-state index < -0.39 is 5.60 Å². The van der Waals surface area contributed by atoms with E-state index in [0.717, 1.165) is 16.7 Å². The summed E-state index contributed by atoms with van der Waals surface area (Å²) in [6.07, 6.45) is 1.26. The number of hydrogen-bond acceptors (Lipinski definition) is 4. The summed E-state index contributed by atoms with van der Waals surface area (Å²) in [4.78, 5) is 12.7. The number of hydrogen-bond donors (Lipinski definition) is 1. The molecule has 1 N–H and O–H groups in total. The molecule has 0 aliphatic rings. The Labute approximate surface area is 168 Å². The SMILES string of the molecule is O=c1cc(CO)occ1OC(c1ccccc1)(c1ccccc1)c1ccccc1. The van der Waals surface area contributed by atoms with Crippen LogP contribution >= 0.6 is 0 Å². The van der Waals surface area contributed by atoms with Gasteiger partial charge in [-0.3, -0.25) is 4.79 Å². The predicted molar refractivity (Wildman–Crippen MR) is 111 cm³/mol. The van der Waals surface area contributed by atoms with Crippen molar-refractivity contribution in [1.29, 1.82) is 0 Å². The second-order valence-corrected chi connectivity index (χ2v) is 6.61. The highest BCUT2D eigenvalue weighted by molar-refractivity contribution is 5.48. The predicted octanol–water partition coefficient (Wildman–Crippen LogP) is 4.50. The van der Waals surface area contributed by atoms with Crippen LogP contribution in [0.25, 0.3) is 0 Å². The van der Waals surface area contributed by atoms with Crippen LogP contribution in [-0.2, 0) is 12.2 Å². The Morgan fingerprint density at radius 1 is 0.759 bits per heavy atom. The maximum Gasteiger partial charge on any atom is 0.227 e. The Bertz CT molecular complexity index is 1020. The molecule has 29 heavy (non-hydrogen) atoms. The van der Waals surface area contributed by atoms with Gasteiger partial charge in [-0.05, 0) is 0 Å². The molecule has 0 bridgehead atoms. The maximum absolute atomic E-state index is 12.7. The van der Waals surface area contributed by atoms with Crippen molar-refractivity contribution in [2.75, 3.05) is 0 Å². The van der Waals surface area contributed by atoms with Crippen LogP contribution in [0.3, 0.4) is 0 Å². The molecule has 0 atom stereocenters. The average Bonchev–Trinajstić information content (AvgIpc) is 2.80. The van der Waals surface area contributed by atoms with Gasteiger partial charge in [0.2, 0.25) is 11.2 Å². The van der Waals surface area contributed by atoms with Gasteiger partial charge in [-0.2, -0.15) is 0 Å². The summed E-state index contributed by atoms with van der Waals surface area (Å²) in [5, 5.41) is 9.25. The first-order valence-corrected chi connectivity index (χ1v) is 9.32. The second kappa shape index (κ2) is 8.17. The van der Waals surface area contributed by atoms with E-state index in [1.165, 1.54) is 12.3 Å². The number of aliphatic hydroxyl groups is 1. The van der Waals surface area contributed by atoms with Gasteiger partial charge in [-0.15, -0.1) is 0 Å². The summed E-state index contributed by atoms with van der Waals surface area (Å²) in [5.74, 6) is 0.255. The van der Waals surface area contributed by atoms with Crippen LogP contribution in [0.5, 0.6) is 5.75 Å². The molecule has 0 radical (unpaired) electrons. The molecule has 4 aromatic rings. The van der Waals surface area contributed by atoms with E-state index in [9.17, 15) is 9.90 Å². The molecule has 3 aromatic carbocycles. The van der Waals surface area contributed by atoms with Gasteiger partial charge >= 0.3 is 0 Å². The van der Waals surface area contributed by atoms with Gasteiger partial charge in [0.1, 0.15) is 18.6 Å². The molecule has 0 saturated carbocycles. The highest BCUT2D eigenvalue weighted by Crippen LogP contribution is 2.40. The van der Waals surface area contributed by atoms with E-state index in [1.54, 1.807) is 0 Å². The highest BCUT2D eigenvalue weighted by atomic mass is 16.5. The Hall–Kier alpha value is -3.63. The van der Waals surface area contributed by atoms with Crippen LogP contribution in [0.4, 0.5) is 0 Å². The summed E-state index contributed by atoms with van der Waals surface area (Å²) < 4.78 is 11.9. The second-order valence-electron chi connectivity index (χ2n) is 6.61. The Morgan fingerprint density at radius 2 is 1.21 bits per heavy atom. The van der Waals surface area contributed by atoms with E-state index in [2.05, 4.69) is 0 Å². The van der Waals surface area contributed by atoms with Crippen molar-refractivity contribution in [2.24, 2.45) is 0 Å². The zero-order chi connectivity index (χ0) is 20.1. The molecule has 1 heterocycles. The molecule has 4 rings (SSSR count). The van der Waals surface area contributed by atoms with Crippen molar-refractivity contribution in [3.63, 3.8) is 0 Å². The number of ether oxygens (including phenoxy) is 1. The minimum Gasteiger partial charge on any atom is -0.466 e. The molecule has 4 heteroatoms. The summed E-state index contributed by atoms with van der Waals surface area (Å²) in [5.41, 5.74) is 1.22. The summed E-state index contributed by atoms with van der Waals surface area (Å²) in [6, 6.07) is 30.6. The smallest absolute Gasteiger partial charge is 0.227 e. The quantitative estimate of drug-likeness (QED) is 0.497. The molecule has 4 nitrogen and oxygen atoms in total. The lowest BCUT2D eigenvalue weighted by Gasteiger charge is -2.35. The molecular formula is C25H20O4. The first-order chi connectivity index (χ1) is 14.2. The van der Waals surface area contributed by atoms with Gasteiger partial charge in [-0.1, -0.05) is 91.0 Å². The van der Waals surface area contributed by atoms with Crippen LogP contribution < -0.4 is 10.2 Å². The fraction of sp³-hybridized carbons (Fsp3) is 0.0800. The molecule has 0 saturated heterocycles. The van der Waals surface area contributed by atoms with Crippen molar-refractivity contribution in [1.82, 2.24) is 0 Å². The minimum atomic E-state index is -1.06. The number of rotatable bonds is 6. The zero-order valence-corrected chi connectivity index (χ0v) is 15.7. The van der Waals surface area contributed by atoms with Crippen molar-refractivity contribution in [3.8, 4) is 5.75 Å². The molecule has 144 valence electrons. The molecule has 0 unspecified atom stereocenters. The van der Waals surface area contributed by atoms with Gasteiger partial charge in [0.05, 0.1) is 0 Å². The van der Waals surface area contributed by atoms with Crippen molar-refractivity contribution in [2.45, 2.75) is 12.2 Å². The topological polar surface area (TPSA) is 59.7 Å². The van der Waals surface area contributed by atoms with Gasteiger partial charge in [0, 0.05) is 22.8 Å². The van der Waals surface area contributed by atoms with Crippen LogP contribution in [0.2, 0.25) is 0 Å². The molecular weight excluding hydrogens is 364 g/mol. The lowest BCUT2D eigenvalue weighted by atomic mass is 9.80. The van der Waals surface area contributed by atoms with Gasteiger partial charge < -0.3 is 14.3 Å². The van der Waals surface area contributed by atoms with Crippen molar-refractivity contribution in [3.05, 3.63) is 136 Å². The number of benzene rings is 3. The zero-order valence-electron chi connectivity index (χ0n) is 15.7. The summed E-state index contributed by atoms with van der Waals surface area (Å²) >= 11 is 0. The molecule has 0 aliphatic heterocycles. The molecule has 0 fully saturated rings. The van der Waals surface area contributed by atoms with Crippen molar-refractivity contribution < 1.29 is 14.3 Å². The highest BCUT2D eigenvalue weighted by Gasteiger charge is 2.39. The average molecular weight is 384 g/mol. The van der Waals surface area contributed by atoms with Crippen molar-refractivity contribution >= 4 is 0 Å². The Morgan fingerprint density at radius 3 is 1.59 bits per heavy atom. The molecule has 0 amide bonds. The standard InChI is InChI=1S/C25H20O4/c26-17-22-16-23(27)24(18-28-22)29-25(19-10-4-1-5-11-19,20-12-6-2-7-13-20)21-14-8-3-9-15-21/h1-16,18,26H,17H2. The van der Waals surface area contributed by atoms with E-state index >= 15 is 0 Å². The lowest BCUT2D eigenvalue weighted by Crippen LogP contribution is -2.37. The van der Waals surface area contributed by atoms with Gasteiger partial charge in [0.25, 0.3) is 0 Å². The molecule has 0 aliphatic carbocycles. The van der Waals surface area contributed by atoms with Crippen LogP contribution in [-0.4, -0.2) is 5.11 Å². The number of aliphatic hydroxyl groups excluding tert-OH is 1. The summed E-state index contributed by atoms with van der Waals surface area (Å²) in [6.45, 7) is -0.350. The first kappa shape index (κ1) is 18.7. The minimum absolute atomic E-state index is 0.0683. The Balaban J connectivity index is 1.99. The van der Waals surface area contributed by atoms with E-state index in [0.29, 0.717) is 0 Å². The first-order valence-electron chi connectivity index (χ1n) is 9.32. The third-order valence-electron chi connectivity index (χ3n) is 4.81. The van der Waals surface area contributed by atoms with E-state index in [-0.39, 0.29) is 23.5 Å².